The molecule has 1 amide bonds. The number of hydrogen-bond acceptors (Lipinski definition) is 4. The first-order chi connectivity index (χ1) is 9.16. The molecular formula is C14H21N3O3. The highest BCUT2D eigenvalue weighted by molar-refractivity contribution is 6.00. The Kier molecular flexibility index (Phi) is 4.70. The summed E-state index contributed by atoms with van der Waals surface area (Å²) in [6.45, 7) is 7.97. The van der Waals surface area contributed by atoms with Gasteiger partial charge < -0.3 is 10.6 Å². The summed E-state index contributed by atoms with van der Waals surface area (Å²) in [6, 6.07) is 4.14. The van der Waals surface area contributed by atoms with Crippen molar-refractivity contribution in [2.75, 3.05) is 12.4 Å². The van der Waals surface area contributed by atoms with Crippen molar-refractivity contribution in [2.45, 2.75) is 33.7 Å². The molecule has 1 aromatic rings. The molecule has 2 N–H and O–H groups in total. The van der Waals surface area contributed by atoms with E-state index in [-0.39, 0.29) is 28.6 Å². The van der Waals surface area contributed by atoms with Gasteiger partial charge in [-0.05, 0) is 18.4 Å². The van der Waals surface area contributed by atoms with Gasteiger partial charge in [-0.15, -0.1) is 0 Å². The predicted octanol–water partition coefficient (Wildman–Crippen LogP) is 2.80. The molecule has 0 saturated heterocycles. The quantitative estimate of drug-likeness (QED) is 0.655. The molecule has 0 heterocycles. The smallest absolute Gasteiger partial charge is 0.270 e. The van der Waals surface area contributed by atoms with Crippen molar-refractivity contribution < 1.29 is 9.72 Å². The molecule has 0 fully saturated rings. The highest BCUT2D eigenvalue weighted by Crippen LogP contribution is 2.23. The first kappa shape index (κ1) is 15.9. The SMILES string of the molecule is CNc1ccc([N+](=O)[O-])cc1C(=O)NC(C)C(C)(C)C. The van der Waals surface area contributed by atoms with E-state index >= 15 is 0 Å². The van der Waals surface area contributed by atoms with Crippen LogP contribution in [0.1, 0.15) is 38.1 Å². The Morgan fingerprint density at radius 2 is 1.95 bits per heavy atom. The average Bonchev–Trinajstić information content (AvgIpc) is 2.36. The van der Waals surface area contributed by atoms with Gasteiger partial charge >= 0.3 is 0 Å². The lowest BCUT2D eigenvalue weighted by molar-refractivity contribution is -0.384. The number of nitro groups is 1. The summed E-state index contributed by atoms with van der Waals surface area (Å²) in [5.74, 6) is -0.319. The van der Waals surface area contributed by atoms with Gasteiger partial charge in [0.1, 0.15) is 0 Å². The molecule has 6 heteroatoms. The van der Waals surface area contributed by atoms with Crippen molar-refractivity contribution in [3.63, 3.8) is 0 Å². The van der Waals surface area contributed by atoms with E-state index in [1.54, 1.807) is 7.05 Å². The molecule has 0 aromatic heterocycles. The molecule has 0 bridgehead atoms. The zero-order valence-electron chi connectivity index (χ0n) is 12.5. The fourth-order valence-corrected chi connectivity index (χ4v) is 1.54. The number of amides is 1. The second-order valence-electron chi connectivity index (χ2n) is 5.80. The first-order valence-corrected chi connectivity index (χ1v) is 6.44. The minimum absolute atomic E-state index is 0.0565. The van der Waals surface area contributed by atoms with Gasteiger partial charge in [0.15, 0.2) is 0 Å². The normalized spacial score (nSPS) is 12.7. The molecule has 110 valence electrons. The number of rotatable bonds is 4. The molecule has 0 aliphatic heterocycles. The van der Waals surface area contributed by atoms with Crippen LogP contribution in [-0.2, 0) is 0 Å². The number of hydrogen-bond donors (Lipinski definition) is 2. The number of nitrogens with one attached hydrogen (secondary N) is 2. The van der Waals surface area contributed by atoms with Crippen LogP contribution < -0.4 is 10.6 Å². The van der Waals surface area contributed by atoms with Gasteiger partial charge in [-0.25, -0.2) is 0 Å². The van der Waals surface area contributed by atoms with E-state index < -0.39 is 4.92 Å². The van der Waals surface area contributed by atoms with Crippen LogP contribution in [0, 0.1) is 15.5 Å². The topological polar surface area (TPSA) is 84.3 Å². The summed E-state index contributed by atoms with van der Waals surface area (Å²) < 4.78 is 0. The highest BCUT2D eigenvalue weighted by atomic mass is 16.6. The van der Waals surface area contributed by atoms with Gasteiger partial charge in [0.05, 0.1) is 10.5 Å². The maximum atomic E-state index is 12.3. The van der Waals surface area contributed by atoms with Crippen LogP contribution >= 0.6 is 0 Å². The van der Waals surface area contributed by atoms with Gasteiger partial charge in [0.25, 0.3) is 11.6 Å². The molecule has 1 aromatic carbocycles. The van der Waals surface area contributed by atoms with Crippen molar-refractivity contribution >= 4 is 17.3 Å². The Labute approximate surface area is 118 Å². The lowest BCUT2D eigenvalue weighted by atomic mass is 9.88. The molecule has 1 atom stereocenters. The minimum Gasteiger partial charge on any atom is -0.387 e. The second kappa shape index (κ2) is 5.90. The molecule has 0 saturated carbocycles. The number of non-ortho nitro benzene ring substituents is 1. The zero-order chi connectivity index (χ0) is 15.5. The zero-order valence-corrected chi connectivity index (χ0v) is 12.5. The maximum Gasteiger partial charge on any atom is 0.270 e. The number of nitro benzene ring substituents is 1. The summed E-state index contributed by atoms with van der Waals surface area (Å²) in [4.78, 5) is 22.6. The average molecular weight is 279 g/mol. The van der Waals surface area contributed by atoms with Crippen LogP contribution in [0.3, 0.4) is 0 Å². The van der Waals surface area contributed by atoms with Gasteiger partial charge in [0.2, 0.25) is 0 Å². The number of anilines is 1. The molecule has 0 radical (unpaired) electrons. The van der Waals surface area contributed by atoms with Gasteiger partial charge in [-0.2, -0.15) is 0 Å². The minimum atomic E-state index is -0.511. The fraction of sp³-hybridized carbons (Fsp3) is 0.500. The van der Waals surface area contributed by atoms with Crippen LogP contribution in [0.2, 0.25) is 0 Å². The van der Waals surface area contributed by atoms with E-state index in [1.165, 1.54) is 18.2 Å². The van der Waals surface area contributed by atoms with Crippen LogP contribution in [0.5, 0.6) is 0 Å². The van der Waals surface area contributed by atoms with Crippen molar-refractivity contribution in [3.05, 3.63) is 33.9 Å². The Balaban J connectivity index is 3.07. The van der Waals surface area contributed by atoms with Gasteiger partial charge in [-0.1, -0.05) is 20.8 Å². The summed E-state index contributed by atoms with van der Waals surface area (Å²) in [7, 11) is 1.67. The predicted molar refractivity (Wildman–Crippen MR) is 79.0 cm³/mol. The number of nitrogens with zero attached hydrogens (tertiary/aromatic N) is 1. The third-order valence-electron chi connectivity index (χ3n) is 3.37. The van der Waals surface area contributed by atoms with Gasteiger partial charge in [0, 0.05) is 30.9 Å². The molecule has 1 unspecified atom stereocenters. The summed E-state index contributed by atoms with van der Waals surface area (Å²) in [5, 5.41) is 16.6. The largest absolute Gasteiger partial charge is 0.387 e. The van der Waals surface area contributed by atoms with Crippen LogP contribution in [0.4, 0.5) is 11.4 Å². The maximum absolute atomic E-state index is 12.3. The molecule has 1 rings (SSSR count). The van der Waals surface area contributed by atoms with Crippen molar-refractivity contribution in [3.8, 4) is 0 Å². The first-order valence-electron chi connectivity index (χ1n) is 6.44. The van der Waals surface area contributed by atoms with Crippen molar-refractivity contribution in [1.82, 2.24) is 5.32 Å². The number of carbonyl (C=O) groups excluding carboxylic acids is 1. The fourth-order valence-electron chi connectivity index (χ4n) is 1.54. The number of carbonyl (C=O) groups is 1. The van der Waals surface area contributed by atoms with E-state index in [9.17, 15) is 14.9 Å². The lowest BCUT2D eigenvalue weighted by Gasteiger charge is -2.28. The summed E-state index contributed by atoms with van der Waals surface area (Å²) >= 11 is 0. The molecule has 0 aliphatic rings. The lowest BCUT2D eigenvalue weighted by Crippen LogP contribution is -2.41. The van der Waals surface area contributed by atoms with E-state index in [0.717, 1.165) is 0 Å². The summed E-state index contributed by atoms with van der Waals surface area (Å²) in [6.07, 6.45) is 0. The van der Waals surface area contributed by atoms with Gasteiger partial charge in [-0.3, -0.25) is 14.9 Å². The monoisotopic (exact) mass is 279 g/mol. The third-order valence-corrected chi connectivity index (χ3v) is 3.37. The van der Waals surface area contributed by atoms with Crippen molar-refractivity contribution in [2.24, 2.45) is 5.41 Å². The van der Waals surface area contributed by atoms with E-state index in [1.807, 2.05) is 27.7 Å². The van der Waals surface area contributed by atoms with Crippen LogP contribution in [0.15, 0.2) is 18.2 Å². The Morgan fingerprint density at radius 1 is 1.35 bits per heavy atom. The summed E-state index contributed by atoms with van der Waals surface area (Å²) in [5.41, 5.74) is 0.653. The third kappa shape index (κ3) is 3.69. The number of benzene rings is 1. The van der Waals surface area contributed by atoms with E-state index in [2.05, 4.69) is 10.6 Å². The Bertz CT molecular complexity index is 521. The van der Waals surface area contributed by atoms with E-state index in [4.69, 9.17) is 0 Å². The Morgan fingerprint density at radius 3 is 2.40 bits per heavy atom. The molecule has 6 nitrogen and oxygen atoms in total. The standard InChI is InChI=1S/C14H21N3O3/c1-9(14(2,3)4)16-13(18)11-8-10(17(19)20)6-7-12(11)15-5/h6-9,15H,1-5H3,(H,16,18). The highest BCUT2D eigenvalue weighted by Gasteiger charge is 2.24. The van der Waals surface area contributed by atoms with E-state index in [0.29, 0.717) is 5.69 Å². The molecule has 0 aliphatic carbocycles. The molecule has 20 heavy (non-hydrogen) atoms. The molecular weight excluding hydrogens is 258 g/mol. The van der Waals surface area contributed by atoms with Crippen LogP contribution in [-0.4, -0.2) is 23.9 Å². The second-order valence-corrected chi connectivity index (χ2v) is 5.80. The Hall–Kier alpha value is -2.11. The molecule has 0 spiro atoms. The van der Waals surface area contributed by atoms with Crippen LogP contribution in [0.25, 0.3) is 0 Å². The van der Waals surface area contributed by atoms with Crippen molar-refractivity contribution in [1.29, 1.82) is 0 Å².